The number of hydrogen-bond donors (Lipinski definition) is 0. The van der Waals surface area contributed by atoms with Crippen molar-refractivity contribution in [3.8, 4) is 18.2 Å². The molecule has 9 nitrogen and oxygen atoms in total. The third-order valence-corrected chi connectivity index (χ3v) is 5.65. The van der Waals surface area contributed by atoms with Crippen LogP contribution in [0.1, 0.15) is 16.7 Å². The van der Waals surface area contributed by atoms with Gasteiger partial charge in [-0.05, 0) is 72.8 Å². The molecule has 174 valence electrons. The number of rotatable bonds is 6. The molecule has 0 bridgehead atoms. The first-order valence-electron chi connectivity index (χ1n) is 10.9. The molecule has 0 radical (unpaired) electrons. The number of benzene rings is 3. The summed E-state index contributed by atoms with van der Waals surface area (Å²) in [6.07, 6.45) is 0. The van der Waals surface area contributed by atoms with Crippen LogP contribution in [0, 0.1) is 34.0 Å². The van der Waals surface area contributed by atoms with Gasteiger partial charge in [0.2, 0.25) is 17.8 Å². The van der Waals surface area contributed by atoms with Crippen molar-refractivity contribution in [1.29, 1.82) is 15.8 Å². The van der Waals surface area contributed by atoms with E-state index in [0.29, 0.717) is 34.5 Å². The fraction of sp³-hybridized carbons (Fsp3) is 0.111. The van der Waals surface area contributed by atoms with Crippen LogP contribution in [0.5, 0.6) is 0 Å². The summed E-state index contributed by atoms with van der Waals surface area (Å²) in [7, 11) is 5.52. The van der Waals surface area contributed by atoms with Crippen LogP contribution in [-0.4, -0.2) is 36.1 Å². The third kappa shape index (κ3) is 4.89. The number of hydrogen-bond acceptors (Lipinski definition) is 9. The molecule has 0 aliphatic carbocycles. The van der Waals surface area contributed by atoms with Gasteiger partial charge in [0.1, 0.15) is 0 Å². The monoisotopic (exact) mass is 471 g/mol. The van der Waals surface area contributed by atoms with Gasteiger partial charge in [-0.3, -0.25) is 0 Å². The highest BCUT2D eigenvalue weighted by molar-refractivity contribution is 5.66. The molecule has 0 unspecified atom stereocenters. The lowest BCUT2D eigenvalue weighted by molar-refractivity contribution is 0.926. The Balaban J connectivity index is 1.78. The molecule has 0 N–H and O–H groups in total. The lowest BCUT2D eigenvalue weighted by atomic mass is 10.2. The number of nitriles is 3. The molecule has 0 amide bonds. The maximum Gasteiger partial charge on any atom is 0.236 e. The van der Waals surface area contributed by atoms with E-state index >= 15 is 0 Å². The summed E-state index contributed by atoms with van der Waals surface area (Å²) in [6, 6.07) is 27.8. The van der Waals surface area contributed by atoms with Gasteiger partial charge in [0.05, 0.1) is 34.9 Å². The second kappa shape index (κ2) is 10.2. The molecule has 0 aliphatic rings. The van der Waals surface area contributed by atoms with Crippen LogP contribution in [0.3, 0.4) is 0 Å². The first-order chi connectivity index (χ1) is 17.4. The highest BCUT2D eigenvalue weighted by Crippen LogP contribution is 2.29. The zero-order valence-electron chi connectivity index (χ0n) is 20.0. The molecular formula is C27H21N9. The lowest BCUT2D eigenvalue weighted by Gasteiger charge is -2.24. The molecule has 0 fully saturated rings. The Hall–Kier alpha value is -5.46. The minimum atomic E-state index is 0.403. The Morgan fingerprint density at radius 2 is 0.667 bits per heavy atom. The molecule has 4 rings (SSSR count). The molecule has 4 aromatic rings. The highest BCUT2D eigenvalue weighted by Gasteiger charge is 2.18. The van der Waals surface area contributed by atoms with Gasteiger partial charge in [-0.15, -0.1) is 0 Å². The normalized spacial score (nSPS) is 10.0. The van der Waals surface area contributed by atoms with Gasteiger partial charge < -0.3 is 14.7 Å². The van der Waals surface area contributed by atoms with Crippen LogP contribution in [0.15, 0.2) is 72.8 Å². The molecular weight excluding hydrogens is 450 g/mol. The Morgan fingerprint density at radius 3 is 0.861 bits per heavy atom. The van der Waals surface area contributed by atoms with Crippen LogP contribution >= 0.6 is 0 Å². The van der Waals surface area contributed by atoms with Gasteiger partial charge in [0.25, 0.3) is 0 Å². The minimum Gasteiger partial charge on any atom is -0.313 e. The molecule has 0 aliphatic heterocycles. The van der Waals surface area contributed by atoms with E-state index in [9.17, 15) is 0 Å². The SMILES string of the molecule is CN(c1ccc(C#N)cc1)c1nc(N(C)c2ccc(C#N)cc2)nc(N(C)c2ccc(C#N)cc2)n1. The highest BCUT2D eigenvalue weighted by atomic mass is 15.4. The van der Waals surface area contributed by atoms with Crippen LogP contribution in [-0.2, 0) is 0 Å². The summed E-state index contributed by atoms with van der Waals surface area (Å²) in [5.74, 6) is 1.21. The molecule has 36 heavy (non-hydrogen) atoms. The van der Waals surface area contributed by atoms with E-state index in [-0.39, 0.29) is 0 Å². The van der Waals surface area contributed by atoms with Crippen LogP contribution in [0.25, 0.3) is 0 Å². The molecule has 1 aromatic heterocycles. The number of nitrogens with zero attached hydrogens (tertiary/aromatic N) is 9. The van der Waals surface area contributed by atoms with Crippen molar-refractivity contribution < 1.29 is 0 Å². The van der Waals surface area contributed by atoms with E-state index in [1.54, 1.807) is 36.4 Å². The Bertz CT molecular complexity index is 1290. The first kappa shape index (κ1) is 23.7. The molecule has 0 atom stereocenters. The standard InChI is InChI=1S/C27H21N9/c1-34(22-10-4-19(16-28)5-11-22)25-31-26(35(2)23-12-6-20(17-29)7-13-23)33-27(32-25)36(3)24-14-8-21(18-30)9-15-24/h4-15H,1-3H3. The van der Waals surface area contributed by atoms with Crippen LogP contribution in [0.4, 0.5) is 34.9 Å². The molecule has 0 saturated carbocycles. The molecule has 1 heterocycles. The zero-order valence-corrected chi connectivity index (χ0v) is 20.0. The Kier molecular flexibility index (Phi) is 6.72. The van der Waals surface area contributed by atoms with Crippen molar-refractivity contribution in [2.24, 2.45) is 0 Å². The molecule has 0 saturated heterocycles. The topological polar surface area (TPSA) is 120 Å². The van der Waals surface area contributed by atoms with Crippen molar-refractivity contribution in [1.82, 2.24) is 15.0 Å². The Labute approximate surface area is 209 Å². The summed E-state index contributed by atoms with van der Waals surface area (Å²) in [6.45, 7) is 0. The van der Waals surface area contributed by atoms with Crippen LogP contribution in [0.2, 0.25) is 0 Å². The predicted molar refractivity (Wildman–Crippen MR) is 137 cm³/mol. The van der Waals surface area contributed by atoms with E-state index in [4.69, 9.17) is 30.7 Å². The fourth-order valence-electron chi connectivity index (χ4n) is 3.42. The summed E-state index contributed by atoms with van der Waals surface area (Å²) in [5, 5.41) is 27.4. The summed E-state index contributed by atoms with van der Waals surface area (Å²) in [4.78, 5) is 19.6. The summed E-state index contributed by atoms with van der Waals surface area (Å²) in [5.41, 5.74) is 4.10. The first-order valence-corrected chi connectivity index (χ1v) is 10.9. The van der Waals surface area contributed by atoms with E-state index in [1.807, 2.05) is 72.2 Å². The van der Waals surface area contributed by atoms with Crippen molar-refractivity contribution in [3.05, 3.63) is 89.5 Å². The van der Waals surface area contributed by atoms with Gasteiger partial charge in [-0.2, -0.15) is 30.7 Å². The summed E-state index contributed by atoms with van der Waals surface area (Å²) >= 11 is 0. The maximum atomic E-state index is 9.12. The predicted octanol–water partition coefficient (Wildman–Crippen LogP) is 4.79. The Morgan fingerprint density at radius 1 is 0.444 bits per heavy atom. The van der Waals surface area contributed by atoms with Gasteiger partial charge in [0, 0.05) is 38.2 Å². The quantitative estimate of drug-likeness (QED) is 0.391. The second-order valence-electron chi connectivity index (χ2n) is 7.89. The van der Waals surface area contributed by atoms with Gasteiger partial charge >= 0.3 is 0 Å². The molecule has 3 aromatic carbocycles. The largest absolute Gasteiger partial charge is 0.313 e. The van der Waals surface area contributed by atoms with Crippen molar-refractivity contribution in [2.45, 2.75) is 0 Å². The number of anilines is 6. The fourth-order valence-corrected chi connectivity index (χ4v) is 3.42. The maximum absolute atomic E-state index is 9.12. The van der Waals surface area contributed by atoms with Gasteiger partial charge in [-0.25, -0.2) is 0 Å². The second-order valence-corrected chi connectivity index (χ2v) is 7.89. The smallest absolute Gasteiger partial charge is 0.236 e. The van der Waals surface area contributed by atoms with E-state index in [0.717, 1.165) is 17.1 Å². The van der Waals surface area contributed by atoms with Crippen molar-refractivity contribution in [2.75, 3.05) is 35.8 Å². The van der Waals surface area contributed by atoms with Crippen molar-refractivity contribution >= 4 is 34.9 Å². The average Bonchev–Trinajstić information content (AvgIpc) is 2.95. The third-order valence-electron chi connectivity index (χ3n) is 5.65. The van der Waals surface area contributed by atoms with Gasteiger partial charge in [-0.1, -0.05) is 0 Å². The molecule has 9 heteroatoms. The summed E-state index contributed by atoms with van der Waals surface area (Å²) < 4.78 is 0. The number of aromatic nitrogens is 3. The van der Waals surface area contributed by atoms with Gasteiger partial charge in [0.15, 0.2) is 0 Å². The average molecular weight is 472 g/mol. The zero-order chi connectivity index (χ0) is 25.7. The van der Waals surface area contributed by atoms with E-state index in [1.165, 1.54) is 0 Å². The van der Waals surface area contributed by atoms with Crippen molar-refractivity contribution in [3.63, 3.8) is 0 Å². The van der Waals surface area contributed by atoms with E-state index < -0.39 is 0 Å². The van der Waals surface area contributed by atoms with E-state index in [2.05, 4.69) is 18.2 Å². The molecule has 0 spiro atoms. The lowest BCUT2D eigenvalue weighted by Crippen LogP contribution is -2.22. The van der Waals surface area contributed by atoms with Crippen LogP contribution < -0.4 is 14.7 Å². The minimum absolute atomic E-state index is 0.403.